The van der Waals surface area contributed by atoms with E-state index in [-0.39, 0.29) is 6.10 Å². The molecule has 2 heterocycles. The molecule has 2 aromatic heterocycles. The number of pyridine rings is 1. The van der Waals surface area contributed by atoms with Crippen molar-refractivity contribution in [3.63, 3.8) is 0 Å². The van der Waals surface area contributed by atoms with Crippen molar-refractivity contribution in [2.24, 2.45) is 0 Å². The van der Waals surface area contributed by atoms with Crippen molar-refractivity contribution in [1.29, 1.82) is 0 Å². The number of nitrogen functional groups attached to an aromatic ring is 1. The fourth-order valence-electron chi connectivity index (χ4n) is 1.59. The number of aromatic nitrogens is 3. The van der Waals surface area contributed by atoms with Crippen molar-refractivity contribution < 1.29 is 9.26 Å². The predicted molar refractivity (Wildman–Crippen MR) is 66.6 cm³/mol. The molecule has 0 saturated carbocycles. The average molecular weight is 248 g/mol. The van der Waals surface area contributed by atoms with Gasteiger partial charge in [-0.3, -0.25) is 0 Å². The first-order valence-electron chi connectivity index (χ1n) is 5.91. The minimum atomic E-state index is -0.130. The molecule has 0 amide bonds. The Morgan fingerprint density at radius 3 is 2.83 bits per heavy atom. The zero-order valence-electron chi connectivity index (χ0n) is 10.5. The van der Waals surface area contributed by atoms with Gasteiger partial charge in [-0.1, -0.05) is 12.1 Å². The van der Waals surface area contributed by atoms with Crippen LogP contribution >= 0.6 is 0 Å². The normalized spacial score (nSPS) is 12.6. The second kappa shape index (κ2) is 5.59. The quantitative estimate of drug-likeness (QED) is 0.872. The smallest absolute Gasteiger partial charge is 0.259 e. The zero-order chi connectivity index (χ0) is 13.0. The molecule has 6 nitrogen and oxygen atoms in total. The third-order valence-corrected chi connectivity index (χ3v) is 2.50. The lowest BCUT2D eigenvalue weighted by Crippen LogP contribution is -2.04. The van der Waals surface area contributed by atoms with Crippen LogP contribution < -0.4 is 5.73 Å². The van der Waals surface area contributed by atoms with E-state index in [1.165, 1.54) is 0 Å². The van der Waals surface area contributed by atoms with Crippen molar-refractivity contribution in [3.8, 4) is 11.5 Å². The van der Waals surface area contributed by atoms with Crippen molar-refractivity contribution in [1.82, 2.24) is 15.1 Å². The summed E-state index contributed by atoms with van der Waals surface area (Å²) >= 11 is 0. The number of nitrogens with zero attached hydrogens (tertiary/aromatic N) is 3. The predicted octanol–water partition coefficient (Wildman–Crippen LogP) is 2.20. The van der Waals surface area contributed by atoms with Crippen LogP contribution in [0.25, 0.3) is 11.5 Å². The van der Waals surface area contributed by atoms with E-state index in [1.54, 1.807) is 18.3 Å². The molecular weight excluding hydrogens is 232 g/mol. The van der Waals surface area contributed by atoms with Gasteiger partial charge in [0.05, 0.1) is 5.56 Å². The molecule has 0 fully saturated rings. The number of nitrogens with two attached hydrogens (primary N) is 1. The Bertz CT molecular complexity index is 495. The summed E-state index contributed by atoms with van der Waals surface area (Å²) in [6.07, 6.45) is 2.27. The molecule has 0 aromatic carbocycles. The van der Waals surface area contributed by atoms with Crippen LogP contribution in [0.1, 0.15) is 32.2 Å². The monoisotopic (exact) mass is 248 g/mol. The third kappa shape index (κ3) is 2.65. The first kappa shape index (κ1) is 12.5. The van der Waals surface area contributed by atoms with Crippen LogP contribution in [0, 0.1) is 0 Å². The molecule has 0 spiro atoms. The molecule has 1 atom stereocenters. The van der Waals surface area contributed by atoms with Crippen molar-refractivity contribution in [2.75, 3.05) is 12.3 Å². The second-order valence-electron chi connectivity index (χ2n) is 3.78. The lowest BCUT2D eigenvalue weighted by Gasteiger charge is -2.09. The van der Waals surface area contributed by atoms with Crippen LogP contribution in [0.2, 0.25) is 0 Å². The Kier molecular flexibility index (Phi) is 3.88. The van der Waals surface area contributed by atoms with Crippen LogP contribution in [0.15, 0.2) is 22.9 Å². The first-order chi connectivity index (χ1) is 8.74. The molecule has 0 radical (unpaired) electrons. The fraction of sp³-hybridized carbons (Fsp3) is 0.417. The van der Waals surface area contributed by atoms with E-state index in [2.05, 4.69) is 15.1 Å². The molecule has 0 aliphatic heterocycles. The minimum Gasteiger partial charge on any atom is -0.384 e. The van der Waals surface area contributed by atoms with E-state index < -0.39 is 0 Å². The summed E-state index contributed by atoms with van der Waals surface area (Å²) in [5.41, 5.74) is 6.27. The molecule has 2 rings (SSSR count). The van der Waals surface area contributed by atoms with E-state index in [0.29, 0.717) is 24.1 Å². The van der Waals surface area contributed by atoms with Gasteiger partial charge in [-0.2, -0.15) is 4.98 Å². The number of anilines is 1. The molecule has 0 saturated heterocycles. The van der Waals surface area contributed by atoms with Crippen LogP contribution in [0.3, 0.4) is 0 Å². The molecular formula is C12H16N4O2. The molecule has 6 heteroatoms. The minimum absolute atomic E-state index is 0.130. The molecule has 0 aliphatic rings. The number of hydrogen-bond acceptors (Lipinski definition) is 6. The fourth-order valence-corrected chi connectivity index (χ4v) is 1.59. The van der Waals surface area contributed by atoms with Gasteiger partial charge in [0.2, 0.25) is 5.82 Å². The molecule has 1 unspecified atom stereocenters. The first-order valence-corrected chi connectivity index (χ1v) is 5.91. The van der Waals surface area contributed by atoms with E-state index in [0.717, 1.165) is 12.0 Å². The van der Waals surface area contributed by atoms with E-state index >= 15 is 0 Å². The molecule has 0 aliphatic carbocycles. The topological polar surface area (TPSA) is 87.1 Å². The second-order valence-corrected chi connectivity index (χ2v) is 3.78. The maximum Gasteiger partial charge on any atom is 0.259 e. The van der Waals surface area contributed by atoms with Gasteiger partial charge in [-0.05, 0) is 25.5 Å². The highest BCUT2D eigenvalue weighted by Crippen LogP contribution is 2.22. The summed E-state index contributed by atoms with van der Waals surface area (Å²) in [5.74, 6) is 1.45. The summed E-state index contributed by atoms with van der Waals surface area (Å²) in [5, 5.41) is 3.93. The van der Waals surface area contributed by atoms with Gasteiger partial charge in [0.15, 0.2) is 0 Å². The molecule has 0 bridgehead atoms. The highest BCUT2D eigenvalue weighted by molar-refractivity contribution is 5.53. The Morgan fingerprint density at radius 2 is 2.22 bits per heavy atom. The van der Waals surface area contributed by atoms with Gasteiger partial charge in [-0.15, -0.1) is 0 Å². The maximum absolute atomic E-state index is 5.52. The molecule has 2 N–H and O–H groups in total. The van der Waals surface area contributed by atoms with Gasteiger partial charge >= 0.3 is 0 Å². The Morgan fingerprint density at radius 1 is 1.39 bits per heavy atom. The lowest BCUT2D eigenvalue weighted by atomic mass is 10.2. The number of ether oxygens (including phenoxy) is 1. The average Bonchev–Trinajstić information content (AvgIpc) is 2.86. The standard InChI is InChI=1S/C12H16N4O2/c1-3-9(17-4-2)11-15-12(18-16-11)8-5-6-10(13)14-7-8/h5-7,9H,3-4H2,1-2H3,(H2,13,14). The van der Waals surface area contributed by atoms with Crippen LogP contribution in [0.5, 0.6) is 0 Å². The summed E-state index contributed by atoms with van der Waals surface area (Å²) in [6.45, 7) is 4.57. The van der Waals surface area contributed by atoms with Gasteiger partial charge in [0.1, 0.15) is 11.9 Å². The van der Waals surface area contributed by atoms with Crippen molar-refractivity contribution >= 4 is 5.82 Å². The van der Waals surface area contributed by atoms with Crippen LogP contribution in [-0.2, 0) is 4.74 Å². The molecule has 2 aromatic rings. The zero-order valence-corrected chi connectivity index (χ0v) is 10.5. The van der Waals surface area contributed by atoms with Gasteiger partial charge in [0.25, 0.3) is 5.89 Å². The Labute approximate surface area is 105 Å². The Hall–Kier alpha value is -1.95. The van der Waals surface area contributed by atoms with E-state index in [1.807, 2.05) is 13.8 Å². The van der Waals surface area contributed by atoms with Crippen molar-refractivity contribution in [2.45, 2.75) is 26.4 Å². The molecule has 18 heavy (non-hydrogen) atoms. The summed E-state index contributed by atoms with van der Waals surface area (Å²) in [6, 6.07) is 3.49. The van der Waals surface area contributed by atoms with Gasteiger partial charge < -0.3 is 15.0 Å². The summed E-state index contributed by atoms with van der Waals surface area (Å²) in [4.78, 5) is 8.30. The summed E-state index contributed by atoms with van der Waals surface area (Å²) < 4.78 is 10.7. The third-order valence-electron chi connectivity index (χ3n) is 2.50. The summed E-state index contributed by atoms with van der Waals surface area (Å²) in [7, 11) is 0. The van der Waals surface area contributed by atoms with Gasteiger partial charge in [0, 0.05) is 12.8 Å². The van der Waals surface area contributed by atoms with Crippen LogP contribution in [0.4, 0.5) is 5.82 Å². The number of hydrogen-bond donors (Lipinski definition) is 1. The Balaban J connectivity index is 2.21. The highest BCUT2D eigenvalue weighted by Gasteiger charge is 2.17. The number of rotatable bonds is 5. The van der Waals surface area contributed by atoms with E-state index in [4.69, 9.17) is 15.0 Å². The molecule has 96 valence electrons. The van der Waals surface area contributed by atoms with Gasteiger partial charge in [-0.25, -0.2) is 4.98 Å². The van der Waals surface area contributed by atoms with Crippen molar-refractivity contribution in [3.05, 3.63) is 24.2 Å². The maximum atomic E-state index is 5.52. The van der Waals surface area contributed by atoms with Crippen LogP contribution in [-0.4, -0.2) is 21.7 Å². The van der Waals surface area contributed by atoms with E-state index in [9.17, 15) is 0 Å². The SMILES string of the molecule is CCOC(CC)c1noc(-c2ccc(N)nc2)n1. The highest BCUT2D eigenvalue weighted by atomic mass is 16.5. The largest absolute Gasteiger partial charge is 0.384 e. The lowest BCUT2D eigenvalue weighted by molar-refractivity contribution is 0.0518.